The number of imide groups is 1. The normalized spacial score (nSPS) is 14.4. The summed E-state index contributed by atoms with van der Waals surface area (Å²) < 4.78 is 30.2. The van der Waals surface area contributed by atoms with Gasteiger partial charge in [-0.25, -0.2) is 4.39 Å². The van der Waals surface area contributed by atoms with Crippen molar-refractivity contribution in [2.45, 2.75) is 13.5 Å². The third-order valence-electron chi connectivity index (χ3n) is 5.18. The lowest BCUT2D eigenvalue weighted by atomic mass is 10.1. The third kappa shape index (κ3) is 6.38. The van der Waals surface area contributed by atoms with E-state index in [1.165, 1.54) is 24.3 Å². The average Bonchev–Trinajstić information content (AvgIpc) is 3.13. The lowest BCUT2D eigenvalue weighted by Gasteiger charge is -2.14. The second-order valence-corrected chi connectivity index (χ2v) is 9.06. The first-order valence-corrected chi connectivity index (χ1v) is 12.4. The first kappa shape index (κ1) is 25.6. The van der Waals surface area contributed by atoms with Crippen LogP contribution in [0, 0.1) is 5.82 Å². The molecule has 1 aliphatic heterocycles. The number of carbonyl (C=O) groups excluding carboxylic acids is 2. The third-order valence-corrected chi connectivity index (χ3v) is 6.45. The summed E-state index contributed by atoms with van der Waals surface area (Å²) in [6.07, 6.45) is 1.64. The van der Waals surface area contributed by atoms with Crippen LogP contribution in [0.1, 0.15) is 18.1 Å². The highest BCUT2D eigenvalue weighted by molar-refractivity contribution is 8.18. The van der Waals surface area contributed by atoms with Crippen LogP contribution in [0.15, 0.2) is 71.6 Å². The number of ether oxygens (including phenoxy) is 3. The van der Waals surface area contributed by atoms with Crippen LogP contribution in [0.3, 0.4) is 0 Å². The molecule has 0 radical (unpaired) electrons. The molecule has 0 unspecified atom stereocenters. The molecule has 3 aromatic carbocycles. The largest absolute Gasteiger partial charge is 0.492 e. The van der Waals surface area contributed by atoms with E-state index in [0.717, 1.165) is 22.2 Å². The molecule has 9 heteroatoms. The van der Waals surface area contributed by atoms with Crippen LogP contribution in [0.2, 0.25) is 5.02 Å². The van der Waals surface area contributed by atoms with Crippen LogP contribution < -0.4 is 14.2 Å². The topological polar surface area (TPSA) is 65.1 Å². The van der Waals surface area contributed by atoms with E-state index in [1.54, 1.807) is 30.3 Å². The molecule has 4 rings (SSSR count). The molecule has 2 amide bonds. The van der Waals surface area contributed by atoms with Gasteiger partial charge in [-0.2, -0.15) is 0 Å². The molecule has 0 spiro atoms. The molecular formula is C27H23ClFNO5S. The second kappa shape index (κ2) is 12.0. The number of halogens is 2. The fourth-order valence-corrected chi connectivity index (χ4v) is 4.46. The van der Waals surface area contributed by atoms with Crippen LogP contribution in [0.5, 0.6) is 17.2 Å². The Morgan fingerprint density at radius 2 is 1.75 bits per heavy atom. The molecule has 3 aromatic rings. The van der Waals surface area contributed by atoms with Crippen molar-refractivity contribution in [3.8, 4) is 17.2 Å². The van der Waals surface area contributed by atoms with Gasteiger partial charge < -0.3 is 14.2 Å². The van der Waals surface area contributed by atoms with Gasteiger partial charge in [-0.3, -0.25) is 14.5 Å². The van der Waals surface area contributed by atoms with Crippen molar-refractivity contribution in [1.82, 2.24) is 4.90 Å². The van der Waals surface area contributed by atoms with E-state index >= 15 is 0 Å². The molecule has 0 aromatic heterocycles. The molecule has 0 atom stereocenters. The summed E-state index contributed by atoms with van der Waals surface area (Å²) in [5.74, 6) is 0.750. The van der Waals surface area contributed by atoms with Crippen LogP contribution in [-0.4, -0.2) is 35.8 Å². The van der Waals surface area contributed by atoms with E-state index in [0.29, 0.717) is 39.3 Å². The van der Waals surface area contributed by atoms with Gasteiger partial charge in [0.15, 0.2) is 11.5 Å². The SMILES string of the molecule is CCOc1cc(/C=C2\SC(=O)N(CCOc3ccc(F)cc3)C2=O)ccc1OCc1ccccc1Cl. The molecule has 36 heavy (non-hydrogen) atoms. The molecule has 0 bridgehead atoms. The minimum absolute atomic E-state index is 0.0817. The Hall–Kier alpha value is -3.49. The number of rotatable bonds is 10. The highest BCUT2D eigenvalue weighted by Gasteiger charge is 2.34. The first-order chi connectivity index (χ1) is 17.4. The molecule has 1 fully saturated rings. The van der Waals surface area contributed by atoms with Gasteiger partial charge in [0.2, 0.25) is 0 Å². The van der Waals surface area contributed by atoms with Crippen LogP contribution >= 0.6 is 23.4 Å². The summed E-state index contributed by atoms with van der Waals surface area (Å²) in [6.45, 7) is 2.75. The highest BCUT2D eigenvalue weighted by Crippen LogP contribution is 2.35. The summed E-state index contributed by atoms with van der Waals surface area (Å²) in [7, 11) is 0. The average molecular weight is 528 g/mol. The van der Waals surface area contributed by atoms with Crippen LogP contribution in [0.4, 0.5) is 9.18 Å². The lowest BCUT2D eigenvalue weighted by Crippen LogP contribution is -2.32. The highest BCUT2D eigenvalue weighted by atomic mass is 35.5. The van der Waals surface area contributed by atoms with Gasteiger partial charge >= 0.3 is 0 Å². The minimum Gasteiger partial charge on any atom is -0.492 e. The molecular weight excluding hydrogens is 505 g/mol. The Morgan fingerprint density at radius 1 is 0.972 bits per heavy atom. The maximum Gasteiger partial charge on any atom is 0.293 e. The van der Waals surface area contributed by atoms with Crippen molar-refractivity contribution in [3.05, 3.63) is 93.6 Å². The smallest absolute Gasteiger partial charge is 0.293 e. The van der Waals surface area contributed by atoms with Crippen molar-refractivity contribution in [2.75, 3.05) is 19.8 Å². The van der Waals surface area contributed by atoms with Gasteiger partial charge in [0.1, 0.15) is 24.8 Å². The minimum atomic E-state index is -0.398. The van der Waals surface area contributed by atoms with Crippen molar-refractivity contribution in [3.63, 3.8) is 0 Å². The Labute approximate surface area is 217 Å². The number of nitrogens with zero attached hydrogens (tertiary/aromatic N) is 1. The molecule has 0 saturated carbocycles. The predicted molar refractivity (Wildman–Crippen MR) is 138 cm³/mol. The summed E-state index contributed by atoms with van der Waals surface area (Å²) in [5.41, 5.74) is 1.54. The summed E-state index contributed by atoms with van der Waals surface area (Å²) in [6, 6.07) is 18.3. The molecule has 1 saturated heterocycles. The van der Waals surface area contributed by atoms with Crippen LogP contribution in [-0.2, 0) is 11.4 Å². The van der Waals surface area contributed by atoms with E-state index in [-0.39, 0.29) is 30.8 Å². The number of benzene rings is 3. The Morgan fingerprint density at radius 3 is 2.50 bits per heavy atom. The van der Waals surface area contributed by atoms with E-state index in [9.17, 15) is 14.0 Å². The number of hydrogen-bond acceptors (Lipinski definition) is 6. The van der Waals surface area contributed by atoms with E-state index in [1.807, 2.05) is 25.1 Å². The number of amides is 2. The Balaban J connectivity index is 1.42. The number of thioether (sulfide) groups is 1. The summed E-state index contributed by atoms with van der Waals surface area (Å²) in [4.78, 5) is 26.7. The molecule has 6 nitrogen and oxygen atoms in total. The molecule has 0 aliphatic carbocycles. The number of hydrogen-bond donors (Lipinski definition) is 0. The quantitative estimate of drug-likeness (QED) is 0.278. The lowest BCUT2D eigenvalue weighted by molar-refractivity contribution is -0.123. The monoisotopic (exact) mass is 527 g/mol. The van der Waals surface area contributed by atoms with Crippen molar-refractivity contribution in [2.24, 2.45) is 0 Å². The zero-order chi connectivity index (χ0) is 25.5. The Kier molecular flexibility index (Phi) is 8.51. The van der Waals surface area contributed by atoms with Gasteiger partial charge in [-0.05, 0) is 72.8 Å². The fraction of sp³-hybridized carbons (Fsp3) is 0.185. The van der Waals surface area contributed by atoms with Crippen molar-refractivity contribution < 1.29 is 28.2 Å². The van der Waals surface area contributed by atoms with Gasteiger partial charge in [-0.15, -0.1) is 0 Å². The van der Waals surface area contributed by atoms with Gasteiger partial charge in [-0.1, -0.05) is 35.9 Å². The first-order valence-electron chi connectivity index (χ1n) is 11.2. The van der Waals surface area contributed by atoms with E-state index < -0.39 is 5.91 Å². The van der Waals surface area contributed by atoms with Gasteiger partial charge in [0, 0.05) is 10.6 Å². The Bertz CT molecular complexity index is 1280. The summed E-state index contributed by atoms with van der Waals surface area (Å²) in [5, 5.41) is 0.240. The molecule has 1 aliphatic rings. The fourth-order valence-electron chi connectivity index (χ4n) is 3.40. The predicted octanol–water partition coefficient (Wildman–Crippen LogP) is 6.57. The zero-order valence-corrected chi connectivity index (χ0v) is 21.0. The second-order valence-electron chi connectivity index (χ2n) is 7.66. The van der Waals surface area contributed by atoms with Crippen molar-refractivity contribution in [1.29, 1.82) is 0 Å². The van der Waals surface area contributed by atoms with Crippen LogP contribution in [0.25, 0.3) is 6.08 Å². The maximum absolute atomic E-state index is 13.0. The molecule has 0 N–H and O–H groups in total. The number of carbonyl (C=O) groups is 2. The molecule has 186 valence electrons. The maximum atomic E-state index is 13.0. The van der Waals surface area contributed by atoms with E-state index in [2.05, 4.69) is 0 Å². The zero-order valence-electron chi connectivity index (χ0n) is 19.4. The van der Waals surface area contributed by atoms with E-state index in [4.69, 9.17) is 25.8 Å². The van der Waals surface area contributed by atoms with Gasteiger partial charge in [0.25, 0.3) is 11.1 Å². The summed E-state index contributed by atoms with van der Waals surface area (Å²) >= 11 is 7.08. The molecule has 1 heterocycles. The van der Waals surface area contributed by atoms with Crippen molar-refractivity contribution >= 4 is 40.6 Å². The standard InChI is InChI=1S/C27H23ClFNO5S/c1-2-33-24-15-18(7-12-23(24)35-17-19-5-3-4-6-22(19)28)16-25-26(31)30(27(32)36-25)13-14-34-21-10-8-20(29)9-11-21/h3-12,15-16H,2,13-14,17H2,1H3/b25-16-. The van der Waals surface area contributed by atoms with Gasteiger partial charge in [0.05, 0.1) is 18.1 Å².